The Morgan fingerprint density at radius 3 is 2.37 bits per heavy atom. The molecule has 1 aliphatic rings. The minimum Gasteiger partial charge on any atom is -0.308 e. The first-order valence-electron chi connectivity index (χ1n) is 13.1. The summed E-state index contributed by atoms with van der Waals surface area (Å²) in [4.78, 5) is 16.0. The van der Waals surface area contributed by atoms with Crippen LogP contribution in [0.3, 0.4) is 0 Å². The van der Waals surface area contributed by atoms with E-state index in [2.05, 4.69) is 65.5 Å². The molecule has 190 valence electrons. The van der Waals surface area contributed by atoms with Crippen molar-refractivity contribution in [1.82, 2.24) is 19.2 Å². The van der Waals surface area contributed by atoms with Gasteiger partial charge in [0.2, 0.25) is 0 Å². The molecule has 6 rings (SSSR count). The van der Waals surface area contributed by atoms with Crippen molar-refractivity contribution >= 4 is 11.7 Å². The molecular weight excluding hydrogens is 470 g/mol. The van der Waals surface area contributed by atoms with E-state index in [4.69, 9.17) is 5.10 Å². The van der Waals surface area contributed by atoms with Gasteiger partial charge in [0.1, 0.15) is 5.82 Å². The second-order valence-corrected chi connectivity index (χ2v) is 9.86. The fourth-order valence-electron chi connectivity index (χ4n) is 5.27. The summed E-state index contributed by atoms with van der Waals surface area (Å²) < 4.78 is 4.19. The molecule has 3 heterocycles. The number of urea groups is 1. The summed E-state index contributed by atoms with van der Waals surface area (Å²) in [5.74, 6) is 0.967. The number of carbonyl (C=O) groups excluding carboxylic acids is 1. The molecule has 6 heteroatoms. The maximum absolute atomic E-state index is 14.0. The molecule has 1 aliphatic heterocycles. The number of anilines is 1. The Bertz CT molecular complexity index is 1580. The fraction of sp³-hybridized carbons (Fsp3) is 0.188. The summed E-state index contributed by atoms with van der Waals surface area (Å²) in [6.45, 7) is 6.64. The lowest BCUT2D eigenvalue weighted by Crippen LogP contribution is -2.38. The lowest BCUT2D eigenvalue weighted by molar-refractivity contribution is 0.194. The van der Waals surface area contributed by atoms with E-state index in [1.165, 1.54) is 5.56 Å². The number of nitrogens with one attached hydrogen (secondary N) is 1. The Kier molecular flexibility index (Phi) is 6.08. The molecule has 0 spiro atoms. The highest BCUT2D eigenvalue weighted by atomic mass is 16.2. The van der Waals surface area contributed by atoms with Gasteiger partial charge in [0, 0.05) is 17.4 Å². The molecule has 3 aromatic carbocycles. The average molecular weight is 502 g/mol. The molecule has 0 saturated carbocycles. The van der Waals surface area contributed by atoms with Crippen LogP contribution in [-0.4, -0.2) is 25.3 Å². The standard InChI is InChI=1S/C32H31N5O/c1-4-24-14-16-25(17-15-24)30-29-11-8-20-35(29)31-28(23(3)34-37(31)27-9-6-5-7-10-27)21-36(30)32(38)33-26-18-12-22(2)13-19-26/h5-20,30H,4,21H2,1-3H3,(H,33,38)/t30-/m1/s1. The average Bonchev–Trinajstić information content (AvgIpc) is 3.51. The van der Waals surface area contributed by atoms with Crippen LogP contribution in [0, 0.1) is 13.8 Å². The van der Waals surface area contributed by atoms with E-state index in [-0.39, 0.29) is 12.1 Å². The van der Waals surface area contributed by atoms with Crippen LogP contribution in [0.2, 0.25) is 0 Å². The van der Waals surface area contributed by atoms with Crippen molar-refractivity contribution < 1.29 is 4.79 Å². The number of hydrogen-bond acceptors (Lipinski definition) is 2. The van der Waals surface area contributed by atoms with E-state index in [9.17, 15) is 4.79 Å². The Hall–Kier alpha value is -4.58. The summed E-state index contributed by atoms with van der Waals surface area (Å²) in [6, 6.07) is 30.4. The molecule has 5 aromatic rings. The molecule has 38 heavy (non-hydrogen) atoms. The first-order chi connectivity index (χ1) is 18.5. The predicted octanol–water partition coefficient (Wildman–Crippen LogP) is 6.98. The summed E-state index contributed by atoms with van der Waals surface area (Å²) >= 11 is 0. The highest BCUT2D eigenvalue weighted by Crippen LogP contribution is 2.38. The van der Waals surface area contributed by atoms with E-state index < -0.39 is 0 Å². The molecule has 1 atom stereocenters. The second-order valence-electron chi connectivity index (χ2n) is 9.86. The topological polar surface area (TPSA) is 55.1 Å². The van der Waals surface area contributed by atoms with E-state index in [1.807, 2.05) is 72.0 Å². The highest BCUT2D eigenvalue weighted by molar-refractivity contribution is 5.90. The number of hydrogen-bond donors (Lipinski definition) is 1. The van der Waals surface area contributed by atoms with E-state index >= 15 is 0 Å². The smallest absolute Gasteiger partial charge is 0.308 e. The zero-order valence-corrected chi connectivity index (χ0v) is 21.9. The molecule has 0 saturated heterocycles. The van der Waals surface area contributed by atoms with Gasteiger partial charge in [-0.1, -0.05) is 67.1 Å². The van der Waals surface area contributed by atoms with Gasteiger partial charge in [-0.15, -0.1) is 0 Å². The first kappa shape index (κ1) is 23.8. The van der Waals surface area contributed by atoms with Crippen LogP contribution in [0.1, 0.15) is 46.6 Å². The predicted molar refractivity (Wildman–Crippen MR) is 151 cm³/mol. The number of amides is 2. The van der Waals surface area contributed by atoms with Crippen LogP contribution in [0.25, 0.3) is 11.5 Å². The van der Waals surface area contributed by atoms with E-state index in [0.717, 1.165) is 51.7 Å². The number of benzene rings is 3. The lowest BCUT2D eigenvalue weighted by Gasteiger charge is -2.31. The second kappa shape index (κ2) is 9.71. The number of aromatic nitrogens is 3. The van der Waals surface area contributed by atoms with Crippen molar-refractivity contribution in [3.63, 3.8) is 0 Å². The van der Waals surface area contributed by atoms with Crippen LogP contribution < -0.4 is 5.32 Å². The summed E-state index contributed by atoms with van der Waals surface area (Å²) in [6.07, 6.45) is 3.04. The molecule has 1 N–H and O–H groups in total. The number of nitrogens with zero attached hydrogens (tertiary/aromatic N) is 4. The number of rotatable bonds is 4. The Morgan fingerprint density at radius 1 is 0.921 bits per heavy atom. The molecule has 0 fully saturated rings. The van der Waals surface area contributed by atoms with Gasteiger partial charge in [0.15, 0.2) is 0 Å². The molecule has 6 nitrogen and oxygen atoms in total. The van der Waals surface area contributed by atoms with Gasteiger partial charge < -0.3 is 14.8 Å². The fourth-order valence-corrected chi connectivity index (χ4v) is 5.27. The van der Waals surface area contributed by atoms with Gasteiger partial charge in [-0.3, -0.25) is 0 Å². The van der Waals surface area contributed by atoms with Crippen LogP contribution >= 0.6 is 0 Å². The third-order valence-corrected chi connectivity index (χ3v) is 7.35. The number of aryl methyl sites for hydroxylation is 3. The Labute approximate surface area is 223 Å². The zero-order valence-electron chi connectivity index (χ0n) is 21.9. The maximum Gasteiger partial charge on any atom is 0.322 e. The van der Waals surface area contributed by atoms with Crippen molar-refractivity contribution in [1.29, 1.82) is 0 Å². The Balaban J connectivity index is 1.52. The molecular formula is C32H31N5O. The van der Waals surface area contributed by atoms with Crippen LogP contribution in [0.5, 0.6) is 0 Å². The van der Waals surface area contributed by atoms with Gasteiger partial charge in [-0.2, -0.15) is 5.10 Å². The minimum absolute atomic E-state index is 0.147. The largest absolute Gasteiger partial charge is 0.322 e. The number of para-hydroxylation sites is 1. The SMILES string of the molecule is CCc1ccc([C@@H]2c3cccn3-c3c(c(C)nn3-c3ccccc3)CN2C(=O)Nc2ccc(C)cc2)cc1. The van der Waals surface area contributed by atoms with Gasteiger partial charge in [0.05, 0.1) is 29.7 Å². The third kappa shape index (κ3) is 4.18. The first-order valence-corrected chi connectivity index (χ1v) is 13.1. The number of fused-ring (bicyclic) bond motifs is 3. The van der Waals surface area contributed by atoms with Gasteiger partial charge in [-0.05, 0) is 67.8 Å². The van der Waals surface area contributed by atoms with E-state index in [0.29, 0.717) is 6.54 Å². The maximum atomic E-state index is 14.0. The van der Waals surface area contributed by atoms with Crippen LogP contribution in [0.15, 0.2) is 97.2 Å². The van der Waals surface area contributed by atoms with Crippen LogP contribution in [0.4, 0.5) is 10.5 Å². The minimum atomic E-state index is -0.280. The van der Waals surface area contributed by atoms with Gasteiger partial charge in [-0.25, -0.2) is 9.48 Å². The summed E-state index contributed by atoms with van der Waals surface area (Å²) in [7, 11) is 0. The lowest BCUT2D eigenvalue weighted by atomic mass is 9.99. The molecule has 0 bridgehead atoms. The van der Waals surface area contributed by atoms with Crippen LogP contribution in [-0.2, 0) is 13.0 Å². The number of carbonyl (C=O) groups is 1. The highest BCUT2D eigenvalue weighted by Gasteiger charge is 2.36. The van der Waals surface area contributed by atoms with Gasteiger partial charge >= 0.3 is 6.03 Å². The van der Waals surface area contributed by atoms with Crippen molar-refractivity contribution in [2.45, 2.75) is 39.8 Å². The van der Waals surface area contributed by atoms with Crippen molar-refractivity contribution in [2.75, 3.05) is 5.32 Å². The van der Waals surface area contributed by atoms with Crippen molar-refractivity contribution in [2.24, 2.45) is 0 Å². The van der Waals surface area contributed by atoms with E-state index in [1.54, 1.807) is 0 Å². The normalized spacial score (nSPS) is 14.5. The third-order valence-electron chi connectivity index (χ3n) is 7.35. The monoisotopic (exact) mass is 501 g/mol. The molecule has 2 aromatic heterocycles. The summed E-state index contributed by atoms with van der Waals surface area (Å²) in [5, 5.41) is 8.08. The van der Waals surface area contributed by atoms with Crippen molar-refractivity contribution in [3.05, 3.63) is 131 Å². The zero-order chi connectivity index (χ0) is 26.2. The van der Waals surface area contributed by atoms with Gasteiger partial charge in [0.25, 0.3) is 0 Å². The Morgan fingerprint density at radius 2 is 1.66 bits per heavy atom. The summed E-state index contributed by atoms with van der Waals surface area (Å²) in [5.41, 5.74) is 8.20. The molecule has 2 amide bonds. The van der Waals surface area contributed by atoms with Crippen molar-refractivity contribution in [3.8, 4) is 11.5 Å². The molecule has 0 radical (unpaired) electrons. The quantitative estimate of drug-likeness (QED) is 0.289. The molecule has 0 aliphatic carbocycles. The molecule has 0 unspecified atom stereocenters.